The zero-order valence-corrected chi connectivity index (χ0v) is 13.0. The molecule has 1 heterocycles. The Kier molecular flexibility index (Phi) is 3.61. The minimum absolute atomic E-state index is 0.194. The lowest BCUT2D eigenvalue weighted by atomic mass is 9.64. The summed E-state index contributed by atoms with van der Waals surface area (Å²) in [6.07, 6.45) is 3.06. The number of ether oxygens (including phenoxy) is 1. The molecule has 106 valence electrons. The van der Waals surface area contributed by atoms with Gasteiger partial charge in [0.25, 0.3) is 0 Å². The van der Waals surface area contributed by atoms with Crippen LogP contribution in [-0.2, 0) is 6.42 Å². The second-order valence-corrected chi connectivity index (χ2v) is 6.76. The maximum absolute atomic E-state index is 5.26. The number of pyridine rings is 1. The lowest BCUT2D eigenvalue weighted by molar-refractivity contribution is 0.0724. The third-order valence-corrected chi connectivity index (χ3v) is 4.84. The topological polar surface area (TPSA) is 34.2 Å². The van der Waals surface area contributed by atoms with Gasteiger partial charge in [0, 0.05) is 18.3 Å². The highest BCUT2D eigenvalue weighted by Crippen LogP contribution is 2.55. The molecule has 0 saturated heterocycles. The fourth-order valence-corrected chi connectivity index (χ4v) is 3.09. The highest BCUT2D eigenvalue weighted by molar-refractivity contribution is 5.40. The quantitative estimate of drug-likeness (QED) is 0.907. The summed E-state index contributed by atoms with van der Waals surface area (Å²) in [7, 11) is 1.68. The van der Waals surface area contributed by atoms with E-state index in [9.17, 15) is 0 Å². The molecule has 1 unspecified atom stereocenters. The predicted molar refractivity (Wildman–Crippen MR) is 78.5 cm³/mol. The molecule has 1 N–H and O–H groups in total. The summed E-state index contributed by atoms with van der Waals surface area (Å²) in [6, 6.07) is 2.46. The Morgan fingerprint density at radius 3 is 2.68 bits per heavy atom. The van der Waals surface area contributed by atoms with Crippen molar-refractivity contribution in [2.24, 2.45) is 10.8 Å². The maximum atomic E-state index is 5.26. The third-order valence-electron chi connectivity index (χ3n) is 4.84. The van der Waals surface area contributed by atoms with Crippen LogP contribution in [0.2, 0.25) is 0 Å². The number of methoxy groups -OCH3 is 1. The van der Waals surface area contributed by atoms with Crippen molar-refractivity contribution < 1.29 is 4.74 Å². The minimum Gasteiger partial charge on any atom is -0.481 e. The standard InChI is InChI=1S/C16H26N2O/c1-7-17-14-12-10-18-13(19-6)8-11(12)9-16(14,5)15(2,3)4/h8,10,14,17H,7,9H2,1-6H3/t14-,16?/m1/s1. The first-order valence-corrected chi connectivity index (χ1v) is 7.09. The van der Waals surface area contributed by atoms with Crippen molar-refractivity contribution >= 4 is 0 Å². The highest BCUT2D eigenvalue weighted by Gasteiger charge is 2.49. The Morgan fingerprint density at radius 2 is 2.16 bits per heavy atom. The number of aromatic nitrogens is 1. The number of nitrogens with zero attached hydrogens (tertiary/aromatic N) is 1. The van der Waals surface area contributed by atoms with Gasteiger partial charge in [0.1, 0.15) is 0 Å². The van der Waals surface area contributed by atoms with Gasteiger partial charge in [0.2, 0.25) is 5.88 Å². The zero-order valence-electron chi connectivity index (χ0n) is 13.0. The van der Waals surface area contributed by atoms with Gasteiger partial charge in [-0.05, 0) is 34.9 Å². The Labute approximate surface area is 116 Å². The molecule has 19 heavy (non-hydrogen) atoms. The molecule has 2 atom stereocenters. The summed E-state index contributed by atoms with van der Waals surface area (Å²) in [5.41, 5.74) is 3.13. The molecule has 0 amide bonds. The normalized spacial score (nSPS) is 26.3. The molecule has 0 bridgehead atoms. The van der Waals surface area contributed by atoms with Crippen molar-refractivity contribution in [3.05, 3.63) is 23.4 Å². The first-order valence-electron chi connectivity index (χ1n) is 7.09. The lowest BCUT2D eigenvalue weighted by Crippen LogP contribution is -2.42. The van der Waals surface area contributed by atoms with E-state index in [1.165, 1.54) is 11.1 Å². The van der Waals surface area contributed by atoms with E-state index >= 15 is 0 Å². The molecule has 2 rings (SSSR count). The van der Waals surface area contributed by atoms with Crippen molar-refractivity contribution in [3.8, 4) is 5.88 Å². The molecule has 0 spiro atoms. The van der Waals surface area contributed by atoms with Crippen LogP contribution in [0.1, 0.15) is 51.8 Å². The molecule has 0 saturated carbocycles. The Hall–Kier alpha value is -1.09. The molecule has 0 fully saturated rings. The van der Waals surface area contributed by atoms with Crippen LogP contribution in [0, 0.1) is 10.8 Å². The van der Waals surface area contributed by atoms with Gasteiger partial charge in [-0.15, -0.1) is 0 Å². The molecular weight excluding hydrogens is 236 g/mol. The predicted octanol–water partition coefficient (Wildman–Crippen LogP) is 3.35. The Balaban J connectivity index is 2.47. The van der Waals surface area contributed by atoms with Crippen molar-refractivity contribution in [1.29, 1.82) is 0 Å². The van der Waals surface area contributed by atoms with Crippen LogP contribution in [0.5, 0.6) is 5.88 Å². The molecule has 0 aromatic carbocycles. The monoisotopic (exact) mass is 262 g/mol. The summed E-state index contributed by atoms with van der Waals surface area (Å²) in [5, 5.41) is 3.65. The maximum Gasteiger partial charge on any atom is 0.213 e. The summed E-state index contributed by atoms with van der Waals surface area (Å²) in [4.78, 5) is 4.39. The van der Waals surface area contributed by atoms with E-state index in [1.807, 2.05) is 6.20 Å². The second kappa shape index (κ2) is 4.78. The van der Waals surface area contributed by atoms with E-state index in [1.54, 1.807) is 7.11 Å². The fraction of sp³-hybridized carbons (Fsp3) is 0.688. The van der Waals surface area contributed by atoms with Crippen molar-refractivity contribution in [2.75, 3.05) is 13.7 Å². The van der Waals surface area contributed by atoms with Crippen molar-refractivity contribution in [3.63, 3.8) is 0 Å². The molecule has 0 aliphatic heterocycles. The SMILES string of the molecule is CCN[C@@H]1c2cnc(OC)cc2CC1(C)C(C)(C)C. The van der Waals surface area contributed by atoms with Crippen molar-refractivity contribution in [2.45, 2.75) is 47.1 Å². The third kappa shape index (κ3) is 2.25. The van der Waals surface area contributed by atoms with Gasteiger partial charge in [-0.3, -0.25) is 0 Å². The van der Waals surface area contributed by atoms with Crippen LogP contribution in [0.3, 0.4) is 0 Å². The number of fused-ring (bicyclic) bond motifs is 1. The number of rotatable bonds is 3. The van der Waals surface area contributed by atoms with Crippen LogP contribution in [0.15, 0.2) is 12.3 Å². The van der Waals surface area contributed by atoms with Gasteiger partial charge in [0.15, 0.2) is 0 Å². The summed E-state index contributed by atoms with van der Waals surface area (Å²) < 4.78 is 5.26. The number of hydrogen-bond acceptors (Lipinski definition) is 3. The molecular formula is C16H26N2O. The van der Waals surface area contributed by atoms with E-state index < -0.39 is 0 Å². The molecule has 3 nitrogen and oxygen atoms in total. The second-order valence-electron chi connectivity index (χ2n) is 6.76. The zero-order chi connectivity index (χ0) is 14.3. The van der Waals surface area contributed by atoms with Gasteiger partial charge < -0.3 is 10.1 Å². The van der Waals surface area contributed by atoms with E-state index in [0.29, 0.717) is 11.9 Å². The van der Waals surface area contributed by atoms with Crippen molar-refractivity contribution in [1.82, 2.24) is 10.3 Å². The van der Waals surface area contributed by atoms with E-state index in [2.05, 4.69) is 51.0 Å². The van der Waals surface area contributed by atoms with E-state index in [4.69, 9.17) is 4.74 Å². The average molecular weight is 262 g/mol. The van der Waals surface area contributed by atoms with Gasteiger partial charge in [-0.1, -0.05) is 34.6 Å². The molecule has 3 heteroatoms. The van der Waals surface area contributed by atoms with Gasteiger partial charge in [0.05, 0.1) is 7.11 Å². The summed E-state index contributed by atoms with van der Waals surface area (Å²) in [5.74, 6) is 0.715. The van der Waals surface area contributed by atoms with Crippen LogP contribution in [0.4, 0.5) is 0 Å². The van der Waals surface area contributed by atoms with Gasteiger partial charge >= 0.3 is 0 Å². The number of hydrogen-bond donors (Lipinski definition) is 1. The largest absolute Gasteiger partial charge is 0.481 e. The molecule has 1 aliphatic rings. The molecule has 1 aromatic rings. The Morgan fingerprint density at radius 1 is 1.47 bits per heavy atom. The van der Waals surface area contributed by atoms with Gasteiger partial charge in [-0.25, -0.2) is 4.98 Å². The van der Waals surface area contributed by atoms with E-state index in [-0.39, 0.29) is 10.8 Å². The average Bonchev–Trinajstić information content (AvgIpc) is 2.62. The lowest BCUT2D eigenvalue weighted by Gasteiger charge is -2.44. The Bertz CT molecular complexity index is 464. The highest BCUT2D eigenvalue weighted by atomic mass is 16.5. The minimum atomic E-state index is 0.194. The smallest absolute Gasteiger partial charge is 0.213 e. The number of nitrogens with one attached hydrogen (secondary N) is 1. The first-order chi connectivity index (χ1) is 8.83. The van der Waals surface area contributed by atoms with Crippen LogP contribution >= 0.6 is 0 Å². The first kappa shape index (κ1) is 14.3. The summed E-state index contributed by atoms with van der Waals surface area (Å²) >= 11 is 0. The van der Waals surface area contributed by atoms with Crippen LogP contribution in [-0.4, -0.2) is 18.6 Å². The van der Waals surface area contributed by atoms with E-state index in [0.717, 1.165) is 13.0 Å². The molecule has 0 radical (unpaired) electrons. The van der Waals surface area contributed by atoms with Crippen LogP contribution < -0.4 is 10.1 Å². The fourth-order valence-electron chi connectivity index (χ4n) is 3.09. The van der Waals surface area contributed by atoms with Crippen LogP contribution in [0.25, 0.3) is 0 Å². The molecule has 1 aliphatic carbocycles. The van der Waals surface area contributed by atoms with Gasteiger partial charge in [-0.2, -0.15) is 0 Å². The molecule has 1 aromatic heterocycles. The summed E-state index contributed by atoms with van der Waals surface area (Å²) in [6.45, 7) is 12.5.